The van der Waals surface area contributed by atoms with E-state index in [9.17, 15) is 14.7 Å². The van der Waals surface area contributed by atoms with Crippen LogP contribution in [0.3, 0.4) is 0 Å². The molecule has 1 aromatic rings. The standard InChI is InChI=1S/C17H20N4O3/c22-15(13-11-2-3-12(10-11)14(13)16(23)24)20-6-8-21(9-7-20)17-18-4-1-5-19-17/h1-5,11-14H,6-10H2,(H,23,24)/t11-,12+,13+,14+/m1/s1. The van der Waals surface area contributed by atoms with Crippen LogP contribution in [-0.2, 0) is 9.59 Å². The molecule has 0 unspecified atom stereocenters. The molecule has 2 bridgehead atoms. The number of aromatic nitrogens is 2. The van der Waals surface area contributed by atoms with Crippen LogP contribution in [0, 0.1) is 23.7 Å². The van der Waals surface area contributed by atoms with Gasteiger partial charge in [-0.25, -0.2) is 9.97 Å². The number of allylic oxidation sites excluding steroid dienone is 2. The lowest BCUT2D eigenvalue weighted by Gasteiger charge is -2.37. The van der Waals surface area contributed by atoms with Crippen LogP contribution in [-0.4, -0.2) is 58.0 Å². The van der Waals surface area contributed by atoms with Crippen molar-refractivity contribution in [3.05, 3.63) is 30.6 Å². The van der Waals surface area contributed by atoms with E-state index in [-0.39, 0.29) is 17.7 Å². The number of fused-ring (bicyclic) bond motifs is 2. The smallest absolute Gasteiger partial charge is 0.307 e. The Bertz CT molecular complexity index is 670. The van der Waals surface area contributed by atoms with Crippen LogP contribution in [0.2, 0.25) is 0 Å². The number of carbonyl (C=O) groups excluding carboxylic acids is 1. The van der Waals surface area contributed by atoms with E-state index in [2.05, 4.69) is 14.9 Å². The zero-order valence-corrected chi connectivity index (χ0v) is 13.3. The molecule has 1 saturated heterocycles. The Hall–Kier alpha value is -2.44. The summed E-state index contributed by atoms with van der Waals surface area (Å²) in [5.74, 6) is -1.05. The highest BCUT2D eigenvalue weighted by Crippen LogP contribution is 2.48. The molecule has 3 aliphatic rings. The minimum absolute atomic E-state index is 0.00659. The van der Waals surface area contributed by atoms with Crippen molar-refractivity contribution in [3.8, 4) is 0 Å². The number of aliphatic carboxylic acids is 1. The molecule has 24 heavy (non-hydrogen) atoms. The molecule has 7 nitrogen and oxygen atoms in total. The molecule has 0 aromatic carbocycles. The maximum atomic E-state index is 12.9. The van der Waals surface area contributed by atoms with Crippen LogP contribution in [0.4, 0.5) is 5.95 Å². The molecule has 7 heteroatoms. The summed E-state index contributed by atoms with van der Waals surface area (Å²) in [5, 5.41) is 9.51. The largest absolute Gasteiger partial charge is 0.481 e. The third kappa shape index (κ3) is 2.44. The Morgan fingerprint density at radius 1 is 1.00 bits per heavy atom. The Morgan fingerprint density at radius 3 is 2.25 bits per heavy atom. The van der Waals surface area contributed by atoms with Crippen molar-refractivity contribution >= 4 is 17.8 Å². The second-order valence-electron chi connectivity index (χ2n) is 6.70. The molecule has 1 amide bonds. The van der Waals surface area contributed by atoms with E-state index >= 15 is 0 Å². The number of carbonyl (C=O) groups is 2. The van der Waals surface area contributed by atoms with Crippen molar-refractivity contribution in [1.82, 2.24) is 14.9 Å². The number of amides is 1. The zero-order chi connectivity index (χ0) is 16.7. The monoisotopic (exact) mass is 328 g/mol. The Labute approximate surface area is 140 Å². The number of carboxylic acids is 1. The topological polar surface area (TPSA) is 86.6 Å². The lowest BCUT2D eigenvalue weighted by atomic mass is 9.82. The molecular weight excluding hydrogens is 308 g/mol. The van der Waals surface area contributed by atoms with Gasteiger partial charge in [-0.05, 0) is 24.3 Å². The van der Waals surface area contributed by atoms with E-state index in [0.29, 0.717) is 32.1 Å². The molecule has 4 atom stereocenters. The predicted molar refractivity (Wildman–Crippen MR) is 86.2 cm³/mol. The summed E-state index contributed by atoms with van der Waals surface area (Å²) in [5.41, 5.74) is 0. The minimum atomic E-state index is -0.846. The van der Waals surface area contributed by atoms with Crippen LogP contribution in [0.25, 0.3) is 0 Å². The molecular formula is C17H20N4O3. The molecule has 1 aromatic heterocycles. The van der Waals surface area contributed by atoms with Gasteiger partial charge in [-0.15, -0.1) is 0 Å². The van der Waals surface area contributed by atoms with Gasteiger partial charge >= 0.3 is 5.97 Å². The fraction of sp³-hybridized carbons (Fsp3) is 0.529. The Kier molecular flexibility index (Phi) is 3.70. The average Bonchev–Trinajstić information content (AvgIpc) is 3.23. The summed E-state index contributed by atoms with van der Waals surface area (Å²) < 4.78 is 0. The molecule has 126 valence electrons. The molecule has 1 aliphatic heterocycles. The lowest BCUT2D eigenvalue weighted by Crippen LogP contribution is -2.52. The number of nitrogens with zero attached hydrogens (tertiary/aromatic N) is 4. The van der Waals surface area contributed by atoms with Crippen molar-refractivity contribution in [2.24, 2.45) is 23.7 Å². The normalized spacial score (nSPS) is 31.5. The van der Waals surface area contributed by atoms with Crippen molar-refractivity contribution in [1.29, 1.82) is 0 Å². The molecule has 2 heterocycles. The van der Waals surface area contributed by atoms with Crippen molar-refractivity contribution < 1.29 is 14.7 Å². The van der Waals surface area contributed by atoms with Gasteiger partial charge in [0, 0.05) is 38.6 Å². The van der Waals surface area contributed by atoms with Gasteiger partial charge in [0.05, 0.1) is 11.8 Å². The van der Waals surface area contributed by atoms with Gasteiger partial charge in [0.15, 0.2) is 0 Å². The van der Waals surface area contributed by atoms with Crippen molar-refractivity contribution in [3.63, 3.8) is 0 Å². The average molecular weight is 328 g/mol. The summed E-state index contributed by atoms with van der Waals surface area (Å²) >= 11 is 0. The van der Waals surface area contributed by atoms with Crippen LogP contribution in [0.15, 0.2) is 30.6 Å². The number of piperazine rings is 1. The van der Waals surface area contributed by atoms with E-state index < -0.39 is 17.8 Å². The fourth-order valence-corrected chi connectivity index (χ4v) is 4.29. The van der Waals surface area contributed by atoms with Gasteiger partial charge in [0.2, 0.25) is 11.9 Å². The van der Waals surface area contributed by atoms with E-state index in [4.69, 9.17) is 0 Å². The summed E-state index contributed by atoms with van der Waals surface area (Å²) in [6.07, 6.45) is 8.21. The minimum Gasteiger partial charge on any atom is -0.481 e. The SMILES string of the molecule is O=C(O)[C@@H]1[C@@H](C(=O)N2CCN(c3ncccn3)CC2)[C@@H]2C=C[C@H]1C2. The van der Waals surface area contributed by atoms with Crippen LogP contribution >= 0.6 is 0 Å². The van der Waals surface area contributed by atoms with Crippen LogP contribution in [0.1, 0.15) is 6.42 Å². The second-order valence-corrected chi connectivity index (χ2v) is 6.70. The quantitative estimate of drug-likeness (QED) is 0.820. The zero-order valence-electron chi connectivity index (χ0n) is 13.3. The third-order valence-electron chi connectivity index (χ3n) is 5.46. The number of hydrogen-bond acceptors (Lipinski definition) is 5. The molecule has 2 aliphatic carbocycles. The van der Waals surface area contributed by atoms with Crippen LogP contribution in [0.5, 0.6) is 0 Å². The first kappa shape index (κ1) is 15.1. The summed E-state index contributed by atoms with van der Waals surface area (Å²) in [7, 11) is 0. The molecule has 0 radical (unpaired) electrons. The molecule has 1 N–H and O–H groups in total. The highest BCUT2D eigenvalue weighted by Gasteiger charge is 2.52. The Balaban J connectivity index is 1.43. The van der Waals surface area contributed by atoms with Gasteiger partial charge in [-0.1, -0.05) is 12.2 Å². The van der Waals surface area contributed by atoms with Gasteiger partial charge in [-0.2, -0.15) is 0 Å². The van der Waals surface area contributed by atoms with E-state index in [1.807, 2.05) is 17.1 Å². The molecule has 1 saturated carbocycles. The third-order valence-corrected chi connectivity index (χ3v) is 5.46. The fourth-order valence-electron chi connectivity index (χ4n) is 4.29. The van der Waals surface area contributed by atoms with Gasteiger partial charge in [0.1, 0.15) is 0 Å². The summed E-state index contributed by atoms with van der Waals surface area (Å²) in [6, 6.07) is 1.78. The van der Waals surface area contributed by atoms with Crippen molar-refractivity contribution in [2.45, 2.75) is 6.42 Å². The van der Waals surface area contributed by atoms with E-state index in [1.54, 1.807) is 18.5 Å². The first-order valence-corrected chi connectivity index (χ1v) is 8.37. The van der Waals surface area contributed by atoms with Gasteiger partial charge in [-0.3, -0.25) is 9.59 Å². The molecule has 2 fully saturated rings. The van der Waals surface area contributed by atoms with E-state index in [0.717, 1.165) is 6.42 Å². The van der Waals surface area contributed by atoms with Crippen LogP contribution < -0.4 is 4.90 Å². The lowest BCUT2D eigenvalue weighted by molar-refractivity contribution is -0.151. The number of rotatable bonds is 3. The highest BCUT2D eigenvalue weighted by molar-refractivity contribution is 5.87. The van der Waals surface area contributed by atoms with E-state index in [1.165, 1.54) is 0 Å². The number of carboxylic acid groups (broad SMARTS) is 1. The maximum Gasteiger partial charge on any atom is 0.307 e. The number of anilines is 1. The first-order valence-electron chi connectivity index (χ1n) is 8.37. The maximum absolute atomic E-state index is 12.9. The van der Waals surface area contributed by atoms with Crippen molar-refractivity contribution in [2.75, 3.05) is 31.1 Å². The first-order chi connectivity index (χ1) is 11.6. The summed E-state index contributed by atoms with van der Waals surface area (Å²) in [4.78, 5) is 36.9. The molecule has 4 rings (SSSR count). The Morgan fingerprint density at radius 2 is 1.62 bits per heavy atom. The second kappa shape index (κ2) is 5.89. The van der Waals surface area contributed by atoms with Gasteiger partial charge < -0.3 is 14.9 Å². The molecule has 0 spiro atoms. The number of hydrogen-bond donors (Lipinski definition) is 1. The predicted octanol–water partition coefficient (Wildman–Crippen LogP) is 0.648. The highest BCUT2D eigenvalue weighted by atomic mass is 16.4. The summed E-state index contributed by atoms with van der Waals surface area (Å²) in [6.45, 7) is 2.51. The van der Waals surface area contributed by atoms with Gasteiger partial charge in [0.25, 0.3) is 0 Å².